The van der Waals surface area contributed by atoms with Gasteiger partial charge in [-0.1, -0.05) is 42.5 Å². The average molecular weight is 374 g/mol. The highest BCUT2D eigenvalue weighted by Gasteiger charge is 2.26. The summed E-state index contributed by atoms with van der Waals surface area (Å²) in [7, 11) is -1.90. The standard InChI is InChI=1S/C20H27N3O2S/c1-17(19-8-4-3-5-9-19)22(2)26(24,25)20-10-6-7-18(15-20)16-23-13-11-21-12-14-23/h3-10,15,17,21H,11-14,16H2,1-2H3. The monoisotopic (exact) mass is 373 g/mol. The van der Waals surface area contributed by atoms with E-state index in [1.54, 1.807) is 13.1 Å². The fraction of sp³-hybridized carbons (Fsp3) is 0.400. The molecule has 1 heterocycles. The van der Waals surface area contributed by atoms with Gasteiger partial charge in [-0.15, -0.1) is 0 Å². The van der Waals surface area contributed by atoms with Crippen LogP contribution in [0.2, 0.25) is 0 Å². The summed E-state index contributed by atoms with van der Waals surface area (Å²) >= 11 is 0. The Bertz CT molecular complexity index is 818. The van der Waals surface area contributed by atoms with Gasteiger partial charge in [-0.05, 0) is 30.2 Å². The number of nitrogens with one attached hydrogen (secondary N) is 1. The number of piperazine rings is 1. The molecular formula is C20H27N3O2S. The van der Waals surface area contributed by atoms with Crippen molar-refractivity contribution in [2.75, 3.05) is 33.2 Å². The van der Waals surface area contributed by atoms with Crippen molar-refractivity contribution in [1.29, 1.82) is 0 Å². The Labute approximate surface area is 156 Å². The molecule has 1 aliphatic heterocycles. The van der Waals surface area contributed by atoms with Crippen molar-refractivity contribution >= 4 is 10.0 Å². The van der Waals surface area contributed by atoms with Crippen molar-refractivity contribution in [3.05, 3.63) is 65.7 Å². The molecular weight excluding hydrogens is 346 g/mol. The van der Waals surface area contributed by atoms with Crippen LogP contribution in [0.1, 0.15) is 24.1 Å². The van der Waals surface area contributed by atoms with E-state index < -0.39 is 10.0 Å². The summed E-state index contributed by atoms with van der Waals surface area (Å²) in [6.45, 7) is 6.63. The largest absolute Gasteiger partial charge is 0.314 e. The molecule has 1 fully saturated rings. The van der Waals surface area contributed by atoms with E-state index in [1.807, 2.05) is 55.5 Å². The minimum atomic E-state index is -3.55. The van der Waals surface area contributed by atoms with Crippen molar-refractivity contribution < 1.29 is 8.42 Å². The van der Waals surface area contributed by atoms with E-state index in [1.165, 1.54) is 4.31 Å². The van der Waals surface area contributed by atoms with Crippen LogP contribution in [0.5, 0.6) is 0 Å². The number of sulfonamides is 1. The number of hydrogen-bond acceptors (Lipinski definition) is 4. The van der Waals surface area contributed by atoms with Gasteiger partial charge >= 0.3 is 0 Å². The highest BCUT2D eigenvalue weighted by Crippen LogP contribution is 2.26. The third-order valence-electron chi connectivity index (χ3n) is 5.02. The average Bonchev–Trinajstić information content (AvgIpc) is 2.68. The van der Waals surface area contributed by atoms with Gasteiger partial charge in [-0.3, -0.25) is 4.90 Å². The first-order valence-corrected chi connectivity index (χ1v) is 10.5. The molecule has 1 N–H and O–H groups in total. The van der Waals surface area contributed by atoms with Crippen LogP contribution in [-0.4, -0.2) is 50.8 Å². The quantitative estimate of drug-likeness (QED) is 0.845. The lowest BCUT2D eigenvalue weighted by Gasteiger charge is -2.28. The highest BCUT2D eigenvalue weighted by atomic mass is 32.2. The van der Waals surface area contributed by atoms with E-state index in [4.69, 9.17) is 0 Å². The van der Waals surface area contributed by atoms with Crippen LogP contribution >= 0.6 is 0 Å². The molecule has 1 aliphatic rings. The zero-order valence-corrected chi connectivity index (χ0v) is 16.2. The van der Waals surface area contributed by atoms with Crippen LogP contribution in [-0.2, 0) is 16.6 Å². The topological polar surface area (TPSA) is 52.7 Å². The van der Waals surface area contributed by atoms with Crippen LogP contribution in [0.15, 0.2) is 59.5 Å². The molecule has 3 rings (SSSR count). The molecule has 0 aromatic heterocycles. The number of benzene rings is 2. The summed E-state index contributed by atoms with van der Waals surface area (Å²) in [5.41, 5.74) is 2.02. The van der Waals surface area contributed by atoms with Gasteiger partial charge in [0.25, 0.3) is 0 Å². The first-order chi connectivity index (χ1) is 12.5. The zero-order chi connectivity index (χ0) is 18.6. The minimum absolute atomic E-state index is 0.224. The second-order valence-electron chi connectivity index (χ2n) is 6.78. The lowest BCUT2D eigenvalue weighted by molar-refractivity contribution is 0.233. The Morgan fingerprint density at radius 2 is 1.77 bits per heavy atom. The molecule has 2 aromatic carbocycles. The maximum atomic E-state index is 13.1. The fourth-order valence-corrected chi connectivity index (χ4v) is 4.67. The smallest absolute Gasteiger partial charge is 0.243 e. The molecule has 2 aromatic rings. The van der Waals surface area contributed by atoms with Crippen LogP contribution in [0, 0.1) is 0 Å². The SMILES string of the molecule is CC(c1ccccc1)N(C)S(=O)(=O)c1cccc(CN2CCNCC2)c1. The van der Waals surface area contributed by atoms with Gasteiger partial charge in [0, 0.05) is 45.8 Å². The first kappa shape index (κ1) is 19.0. The molecule has 1 saturated heterocycles. The van der Waals surface area contributed by atoms with Crippen molar-refractivity contribution in [3.8, 4) is 0 Å². The molecule has 6 heteroatoms. The third kappa shape index (κ3) is 4.32. The third-order valence-corrected chi connectivity index (χ3v) is 6.94. The van der Waals surface area contributed by atoms with Gasteiger partial charge in [0.05, 0.1) is 4.90 Å². The van der Waals surface area contributed by atoms with Gasteiger partial charge in [0.1, 0.15) is 0 Å². The van der Waals surface area contributed by atoms with E-state index in [0.29, 0.717) is 4.90 Å². The number of hydrogen-bond donors (Lipinski definition) is 1. The summed E-state index contributed by atoms with van der Waals surface area (Å²) in [6, 6.07) is 16.8. The molecule has 1 atom stereocenters. The Hall–Kier alpha value is -1.73. The molecule has 0 spiro atoms. The summed E-state index contributed by atoms with van der Waals surface area (Å²) in [4.78, 5) is 2.70. The maximum Gasteiger partial charge on any atom is 0.243 e. The summed E-state index contributed by atoms with van der Waals surface area (Å²) in [6.07, 6.45) is 0. The fourth-order valence-electron chi connectivity index (χ4n) is 3.25. The molecule has 26 heavy (non-hydrogen) atoms. The van der Waals surface area contributed by atoms with Crippen molar-refractivity contribution in [2.24, 2.45) is 0 Å². The van der Waals surface area contributed by atoms with E-state index >= 15 is 0 Å². The highest BCUT2D eigenvalue weighted by molar-refractivity contribution is 7.89. The maximum absolute atomic E-state index is 13.1. The minimum Gasteiger partial charge on any atom is -0.314 e. The van der Waals surface area contributed by atoms with Gasteiger partial charge in [-0.25, -0.2) is 8.42 Å². The van der Waals surface area contributed by atoms with E-state index in [2.05, 4.69) is 10.2 Å². The summed E-state index contributed by atoms with van der Waals surface area (Å²) < 4.78 is 27.6. The lowest BCUT2D eigenvalue weighted by Crippen LogP contribution is -2.42. The second kappa shape index (κ2) is 8.31. The molecule has 0 aliphatic carbocycles. The Balaban J connectivity index is 1.79. The molecule has 140 valence electrons. The zero-order valence-electron chi connectivity index (χ0n) is 15.4. The van der Waals surface area contributed by atoms with Gasteiger partial charge in [0.15, 0.2) is 0 Å². The summed E-state index contributed by atoms with van der Waals surface area (Å²) in [5, 5.41) is 3.33. The molecule has 0 saturated carbocycles. The lowest BCUT2D eigenvalue weighted by atomic mass is 10.1. The van der Waals surface area contributed by atoms with Crippen LogP contribution in [0.25, 0.3) is 0 Å². The van der Waals surface area contributed by atoms with E-state index in [0.717, 1.165) is 43.9 Å². The van der Waals surface area contributed by atoms with Gasteiger partial charge < -0.3 is 5.32 Å². The van der Waals surface area contributed by atoms with Gasteiger partial charge in [-0.2, -0.15) is 4.31 Å². The predicted molar refractivity (Wildman–Crippen MR) is 104 cm³/mol. The molecule has 0 bridgehead atoms. The molecule has 0 amide bonds. The number of nitrogens with zero attached hydrogens (tertiary/aromatic N) is 2. The van der Waals surface area contributed by atoms with Crippen molar-refractivity contribution in [1.82, 2.24) is 14.5 Å². The van der Waals surface area contributed by atoms with Crippen LogP contribution < -0.4 is 5.32 Å². The summed E-state index contributed by atoms with van der Waals surface area (Å²) in [5.74, 6) is 0. The van der Waals surface area contributed by atoms with Crippen molar-refractivity contribution in [2.45, 2.75) is 24.4 Å². The second-order valence-corrected chi connectivity index (χ2v) is 8.78. The Kier molecular flexibility index (Phi) is 6.09. The Morgan fingerprint density at radius 1 is 1.08 bits per heavy atom. The van der Waals surface area contributed by atoms with Crippen molar-refractivity contribution in [3.63, 3.8) is 0 Å². The van der Waals surface area contributed by atoms with E-state index in [9.17, 15) is 8.42 Å². The number of rotatable bonds is 6. The normalized spacial score (nSPS) is 17.3. The first-order valence-electron chi connectivity index (χ1n) is 9.03. The Morgan fingerprint density at radius 3 is 2.46 bits per heavy atom. The molecule has 5 nitrogen and oxygen atoms in total. The van der Waals surface area contributed by atoms with Gasteiger partial charge in [0.2, 0.25) is 10.0 Å². The predicted octanol–water partition coefficient (Wildman–Crippen LogP) is 2.47. The van der Waals surface area contributed by atoms with Crippen LogP contribution in [0.3, 0.4) is 0 Å². The van der Waals surface area contributed by atoms with Crippen LogP contribution in [0.4, 0.5) is 0 Å². The molecule has 0 radical (unpaired) electrons. The van der Waals surface area contributed by atoms with E-state index in [-0.39, 0.29) is 6.04 Å². The molecule has 1 unspecified atom stereocenters.